The number of amides is 1. The van der Waals surface area contributed by atoms with Gasteiger partial charge in [0.05, 0.1) is 32.6 Å². The van der Waals surface area contributed by atoms with E-state index in [1.165, 1.54) is 11.3 Å². The van der Waals surface area contributed by atoms with Gasteiger partial charge >= 0.3 is 0 Å². The minimum Gasteiger partial charge on any atom is -0.497 e. The minimum atomic E-state index is -0.0333. The lowest BCUT2D eigenvalue weighted by molar-refractivity contribution is -0.116. The minimum absolute atomic E-state index is 0.0333. The zero-order valence-electron chi connectivity index (χ0n) is 14.7. The van der Waals surface area contributed by atoms with E-state index in [4.69, 9.17) is 14.2 Å². The van der Waals surface area contributed by atoms with Gasteiger partial charge in [0.1, 0.15) is 11.5 Å². The number of hydrogen-bond acceptors (Lipinski definition) is 6. The van der Waals surface area contributed by atoms with Crippen LogP contribution < -0.4 is 14.4 Å². The quantitative estimate of drug-likeness (QED) is 0.789. The average molecular weight is 362 g/mol. The molecule has 0 saturated carbocycles. The third-order valence-electron chi connectivity index (χ3n) is 4.20. The largest absolute Gasteiger partial charge is 0.497 e. The molecule has 0 aliphatic carbocycles. The number of rotatable bonds is 6. The number of aromatic nitrogens is 1. The van der Waals surface area contributed by atoms with Crippen LogP contribution in [0.4, 0.5) is 5.13 Å². The Hall–Kier alpha value is -2.12. The maximum Gasteiger partial charge on any atom is 0.225 e. The third-order valence-corrected chi connectivity index (χ3v) is 5.06. The molecule has 0 unspecified atom stereocenters. The average Bonchev–Trinajstić information content (AvgIpc) is 3.30. The van der Waals surface area contributed by atoms with Crippen molar-refractivity contribution in [3.63, 3.8) is 0 Å². The highest BCUT2D eigenvalue weighted by Crippen LogP contribution is 2.36. The first kappa shape index (κ1) is 17.7. The Balaban J connectivity index is 1.88. The SMILES string of the molecule is COc1ccc(OC)c(-c2csc(N(C[C@H]3CCCO3)C(C)=O)n2)c1. The third kappa shape index (κ3) is 3.93. The Bertz CT molecular complexity index is 740. The maximum absolute atomic E-state index is 12.1. The summed E-state index contributed by atoms with van der Waals surface area (Å²) in [6.07, 6.45) is 2.11. The summed E-state index contributed by atoms with van der Waals surface area (Å²) in [5, 5.41) is 2.60. The van der Waals surface area contributed by atoms with Gasteiger partial charge in [0, 0.05) is 24.5 Å². The van der Waals surface area contributed by atoms with Crippen LogP contribution in [0.5, 0.6) is 11.5 Å². The van der Waals surface area contributed by atoms with Gasteiger partial charge in [-0.25, -0.2) is 4.98 Å². The fourth-order valence-electron chi connectivity index (χ4n) is 2.86. The van der Waals surface area contributed by atoms with Crippen molar-refractivity contribution in [1.82, 2.24) is 4.98 Å². The van der Waals surface area contributed by atoms with Crippen molar-refractivity contribution in [2.75, 3.05) is 32.3 Å². The second kappa shape index (κ2) is 7.84. The molecule has 1 aromatic carbocycles. The number of benzene rings is 1. The van der Waals surface area contributed by atoms with E-state index in [0.29, 0.717) is 17.4 Å². The maximum atomic E-state index is 12.1. The number of hydrogen-bond donors (Lipinski definition) is 0. The molecule has 1 aliphatic heterocycles. The molecule has 1 aliphatic rings. The predicted octanol–water partition coefficient (Wildman–Crippen LogP) is 3.36. The lowest BCUT2D eigenvalue weighted by Gasteiger charge is -2.21. The Morgan fingerprint density at radius 3 is 2.88 bits per heavy atom. The van der Waals surface area contributed by atoms with Gasteiger partial charge in [0.2, 0.25) is 5.91 Å². The molecule has 1 atom stereocenters. The summed E-state index contributed by atoms with van der Waals surface area (Å²) in [5.41, 5.74) is 1.60. The zero-order chi connectivity index (χ0) is 17.8. The van der Waals surface area contributed by atoms with Gasteiger partial charge in [0.25, 0.3) is 0 Å². The Morgan fingerprint density at radius 1 is 1.40 bits per heavy atom. The molecule has 0 bridgehead atoms. The first-order valence-electron chi connectivity index (χ1n) is 8.20. The highest BCUT2D eigenvalue weighted by Gasteiger charge is 2.24. The number of methoxy groups -OCH3 is 2. The van der Waals surface area contributed by atoms with Crippen LogP contribution >= 0.6 is 11.3 Å². The van der Waals surface area contributed by atoms with Crippen LogP contribution in [-0.2, 0) is 9.53 Å². The number of anilines is 1. The lowest BCUT2D eigenvalue weighted by atomic mass is 10.1. The van der Waals surface area contributed by atoms with Gasteiger partial charge in [-0.1, -0.05) is 0 Å². The lowest BCUT2D eigenvalue weighted by Crippen LogP contribution is -2.35. The molecule has 25 heavy (non-hydrogen) atoms. The fourth-order valence-corrected chi connectivity index (χ4v) is 3.74. The van der Waals surface area contributed by atoms with E-state index in [9.17, 15) is 4.79 Å². The molecule has 1 amide bonds. The summed E-state index contributed by atoms with van der Waals surface area (Å²) in [4.78, 5) is 18.4. The molecule has 0 N–H and O–H groups in total. The van der Waals surface area contributed by atoms with Crippen molar-refractivity contribution in [3.8, 4) is 22.8 Å². The monoisotopic (exact) mass is 362 g/mol. The Kier molecular flexibility index (Phi) is 5.55. The van der Waals surface area contributed by atoms with Crippen LogP contribution in [0.3, 0.4) is 0 Å². The molecular weight excluding hydrogens is 340 g/mol. The molecule has 6 nitrogen and oxygen atoms in total. The van der Waals surface area contributed by atoms with E-state index < -0.39 is 0 Å². The first-order chi connectivity index (χ1) is 12.1. The van der Waals surface area contributed by atoms with Crippen LogP contribution in [0.2, 0.25) is 0 Å². The smallest absolute Gasteiger partial charge is 0.225 e. The van der Waals surface area contributed by atoms with Crippen molar-refractivity contribution in [3.05, 3.63) is 23.6 Å². The summed E-state index contributed by atoms with van der Waals surface area (Å²) >= 11 is 1.44. The van der Waals surface area contributed by atoms with Gasteiger partial charge in [-0.2, -0.15) is 0 Å². The summed E-state index contributed by atoms with van der Waals surface area (Å²) < 4.78 is 16.4. The molecule has 134 valence electrons. The second-order valence-corrected chi connectivity index (χ2v) is 6.68. The van der Waals surface area contributed by atoms with E-state index in [0.717, 1.165) is 36.5 Å². The topological polar surface area (TPSA) is 60.9 Å². The number of nitrogens with zero attached hydrogens (tertiary/aromatic N) is 2. The van der Waals surface area contributed by atoms with Crippen molar-refractivity contribution >= 4 is 22.4 Å². The molecule has 0 spiro atoms. The summed E-state index contributed by atoms with van der Waals surface area (Å²) in [7, 11) is 3.25. The molecule has 3 rings (SSSR count). The van der Waals surface area contributed by atoms with Gasteiger partial charge < -0.3 is 14.2 Å². The highest BCUT2D eigenvalue weighted by atomic mass is 32.1. The van der Waals surface area contributed by atoms with Crippen LogP contribution in [0.1, 0.15) is 19.8 Å². The molecular formula is C18H22N2O4S. The van der Waals surface area contributed by atoms with Crippen LogP contribution in [-0.4, -0.2) is 44.4 Å². The van der Waals surface area contributed by atoms with Crippen LogP contribution in [0, 0.1) is 0 Å². The molecule has 7 heteroatoms. The first-order valence-corrected chi connectivity index (χ1v) is 9.08. The molecule has 0 radical (unpaired) electrons. The van der Waals surface area contributed by atoms with Gasteiger partial charge in [-0.3, -0.25) is 9.69 Å². The van der Waals surface area contributed by atoms with Crippen molar-refractivity contribution < 1.29 is 19.0 Å². The summed E-state index contributed by atoms with van der Waals surface area (Å²) in [6.45, 7) is 2.86. The van der Waals surface area contributed by atoms with E-state index in [1.54, 1.807) is 26.0 Å². The van der Waals surface area contributed by atoms with E-state index in [-0.39, 0.29) is 12.0 Å². The van der Waals surface area contributed by atoms with Gasteiger partial charge in [0.15, 0.2) is 5.13 Å². The van der Waals surface area contributed by atoms with E-state index >= 15 is 0 Å². The second-order valence-electron chi connectivity index (χ2n) is 5.85. The highest BCUT2D eigenvalue weighted by molar-refractivity contribution is 7.14. The number of ether oxygens (including phenoxy) is 3. The number of carbonyl (C=O) groups is 1. The van der Waals surface area contributed by atoms with E-state index in [2.05, 4.69) is 4.98 Å². The van der Waals surface area contributed by atoms with E-state index in [1.807, 2.05) is 23.6 Å². The van der Waals surface area contributed by atoms with Crippen LogP contribution in [0.15, 0.2) is 23.6 Å². The zero-order valence-corrected chi connectivity index (χ0v) is 15.5. The predicted molar refractivity (Wildman–Crippen MR) is 97.7 cm³/mol. The number of thiazole rings is 1. The summed E-state index contributed by atoms with van der Waals surface area (Å²) in [6, 6.07) is 5.58. The number of carbonyl (C=O) groups excluding carboxylic acids is 1. The summed E-state index contributed by atoms with van der Waals surface area (Å²) in [5.74, 6) is 1.41. The van der Waals surface area contributed by atoms with Gasteiger partial charge in [-0.05, 0) is 31.0 Å². The Morgan fingerprint density at radius 2 is 2.24 bits per heavy atom. The fraction of sp³-hybridized carbons (Fsp3) is 0.444. The molecule has 2 aromatic rings. The van der Waals surface area contributed by atoms with Crippen molar-refractivity contribution in [1.29, 1.82) is 0 Å². The molecule has 1 fully saturated rings. The molecule has 1 aromatic heterocycles. The van der Waals surface area contributed by atoms with Gasteiger partial charge in [-0.15, -0.1) is 11.3 Å². The van der Waals surface area contributed by atoms with Crippen molar-refractivity contribution in [2.24, 2.45) is 0 Å². The normalized spacial score (nSPS) is 16.7. The standard InChI is InChI=1S/C18H22N2O4S/c1-12(21)20(10-14-5-4-8-24-14)18-19-16(11-25-18)15-9-13(22-2)6-7-17(15)23-3/h6-7,9,11,14H,4-5,8,10H2,1-3H3/t14-/m1/s1. The molecule has 1 saturated heterocycles. The van der Waals surface area contributed by atoms with Crippen molar-refractivity contribution in [2.45, 2.75) is 25.9 Å². The molecule has 2 heterocycles. The Labute approximate surface area is 151 Å². The van der Waals surface area contributed by atoms with Crippen LogP contribution in [0.25, 0.3) is 11.3 Å².